The molecule has 0 aliphatic carbocycles. The molecular weight excluding hydrogens is 384 g/mol. The zero-order chi connectivity index (χ0) is 20.7. The number of anilines is 1. The van der Waals surface area contributed by atoms with Crippen LogP contribution >= 0.6 is 0 Å². The van der Waals surface area contributed by atoms with Gasteiger partial charge < -0.3 is 19.5 Å². The Bertz CT molecular complexity index is 913. The molecule has 0 heterocycles. The molecule has 0 aromatic heterocycles. The maximum atomic E-state index is 12.8. The molecule has 0 unspecified atom stereocenters. The van der Waals surface area contributed by atoms with Crippen LogP contribution in [0.5, 0.6) is 17.2 Å². The lowest BCUT2D eigenvalue weighted by atomic mass is 10.2. The SMILES string of the molecule is CCN(CC(=O)Nc1ccc(OC)cc1OC)S(=O)(=O)c1ccc(OC)cc1. The normalized spacial score (nSPS) is 11.2. The summed E-state index contributed by atoms with van der Waals surface area (Å²) < 4.78 is 42.1. The Morgan fingerprint density at radius 1 is 0.964 bits per heavy atom. The van der Waals surface area contributed by atoms with E-state index < -0.39 is 15.9 Å². The van der Waals surface area contributed by atoms with Gasteiger partial charge in [-0.3, -0.25) is 4.79 Å². The Labute approximate surface area is 165 Å². The van der Waals surface area contributed by atoms with Crippen LogP contribution < -0.4 is 19.5 Å². The monoisotopic (exact) mass is 408 g/mol. The van der Waals surface area contributed by atoms with Crippen molar-refractivity contribution in [2.45, 2.75) is 11.8 Å². The molecule has 0 radical (unpaired) electrons. The summed E-state index contributed by atoms with van der Waals surface area (Å²) in [6, 6.07) is 10.9. The van der Waals surface area contributed by atoms with Gasteiger partial charge in [0.2, 0.25) is 15.9 Å². The number of nitrogens with one attached hydrogen (secondary N) is 1. The molecule has 1 amide bonds. The van der Waals surface area contributed by atoms with Crippen molar-refractivity contribution in [3.05, 3.63) is 42.5 Å². The molecule has 2 rings (SSSR count). The van der Waals surface area contributed by atoms with Crippen molar-refractivity contribution in [2.24, 2.45) is 0 Å². The summed E-state index contributed by atoms with van der Waals surface area (Å²) in [5.41, 5.74) is 0.422. The third-order valence-electron chi connectivity index (χ3n) is 4.05. The lowest BCUT2D eigenvalue weighted by Gasteiger charge is -2.20. The number of hydrogen-bond donors (Lipinski definition) is 1. The number of likely N-dealkylation sites (N-methyl/N-ethyl adjacent to an activating group) is 1. The molecule has 0 saturated carbocycles. The molecule has 0 bridgehead atoms. The van der Waals surface area contributed by atoms with E-state index in [1.165, 1.54) is 33.5 Å². The van der Waals surface area contributed by atoms with Crippen molar-refractivity contribution in [3.63, 3.8) is 0 Å². The fourth-order valence-electron chi connectivity index (χ4n) is 2.52. The van der Waals surface area contributed by atoms with E-state index in [4.69, 9.17) is 14.2 Å². The van der Waals surface area contributed by atoms with E-state index in [1.807, 2.05) is 0 Å². The highest BCUT2D eigenvalue weighted by Crippen LogP contribution is 2.29. The summed E-state index contributed by atoms with van der Waals surface area (Å²) in [5.74, 6) is 1.05. The molecule has 0 fully saturated rings. The second-order valence-corrected chi connectivity index (χ2v) is 7.66. The summed E-state index contributed by atoms with van der Waals surface area (Å²) in [6.45, 7) is 1.48. The number of nitrogens with zero attached hydrogens (tertiary/aromatic N) is 1. The Morgan fingerprint density at radius 2 is 1.57 bits per heavy atom. The zero-order valence-electron chi connectivity index (χ0n) is 16.3. The molecule has 2 aromatic carbocycles. The molecule has 0 aliphatic rings. The van der Waals surface area contributed by atoms with E-state index in [2.05, 4.69) is 5.32 Å². The smallest absolute Gasteiger partial charge is 0.243 e. The van der Waals surface area contributed by atoms with E-state index in [1.54, 1.807) is 37.3 Å². The van der Waals surface area contributed by atoms with Crippen LogP contribution in [-0.4, -0.2) is 53.0 Å². The molecule has 9 heteroatoms. The second-order valence-electron chi connectivity index (χ2n) is 5.72. The summed E-state index contributed by atoms with van der Waals surface area (Å²) in [5, 5.41) is 2.67. The summed E-state index contributed by atoms with van der Waals surface area (Å²) in [6.07, 6.45) is 0. The molecule has 1 N–H and O–H groups in total. The van der Waals surface area contributed by atoms with Crippen LogP contribution in [0.4, 0.5) is 5.69 Å². The number of rotatable bonds is 9. The van der Waals surface area contributed by atoms with Crippen LogP contribution in [0.25, 0.3) is 0 Å². The van der Waals surface area contributed by atoms with Crippen molar-refractivity contribution < 1.29 is 27.4 Å². The van der Waals surface area contributed by atoms with Gasteiger partial charge in [0.05, 0.1) is 38.5 Å². The highest BCUT2D eigenvalue weighted by molar-refractivity contribution is 7.89. The topological polar surface area (TPSA) is 94.2 Å². The number of amides is 1. The van der Waals surface area contributed by atoms with E-state index in [0.717, 1.165) is 4.31 Å². The number of ether oxygens (including phenoxy) is 3. The third-order valence-corrected chi connectivity index (χ3v) is 5.99. The van der Waals surface area contributed by atoms with Crippen LogP contribution in [0.3, 0.4) is 0 Å². The van der Waals surface area contributed by atoms with Crippen LogP contribution in [0.15, 0.2) is 47.4 Å². The predicted octanol–water partition coefficient (Wildman–Crippen LogP) is 2.36. The van der Waals surface area contributed by atoms with Crippen LogP contribution in [0.2, 0.25) is 0 Å². The van der Waals surface area contributed by atoms with E-state index in [0.29, 0.717) is 22.9 Å². The minimum absolute atomic E-state index is 0.0879. The van der Waals surface area contributed by atoms with Gasteiger partial charge >= 0.3 is 0 Å². The van der Waals surface area contributed by atoms with Crippen molar-refractivity contribution in [1.82, 2.24) is 4.31 Å². The fourth-order valence-corrected chi connectivity index (χ4v) is 3.92. The van der Waals surface area contributed by atoms with Crippen molar-refractivity contribution in [3.8, 4) is 17.2 Å². The van der Waals surface area contributed by atoms with Gasteiger partial charge in [0.25, 0.3) is 0 Å². The minimum atomic E-state index is -3.82. The number of benzene rings is 2. The number of hydrogen-bond acceptors (Lipinski definition) is 6. The van der Waals surface area contributed by atoms with E-state index >= 15 is 0 Å². The summed E-state index contributed by atoms with van der Waals surface area (Å²) in [4.78, 5) is 12.5. The predicted molar refractivity (Wildman–Crippen MR) is 106 cm³/mol. The lowest BCUT2D eigenvalue weighted by molar-refractivity contribution is -0.116. The van der Waals surface area contributed by atoms with Gasteiger partial charge in [-0.05, 0) is 36.4 Å². The molecule has 0 aliphatic heterocycles. The highest BCUT2D eigenvalue weighted by Gasteiger charge is 2.25. The second kappa shape index (κ2) is 9.43. The molecule has 0 spiro atoms. The van der Waals surface area contributed by atoms with Gasteiger partial charge in [-0.2, -0.15) is 4.31 Å². The Morgan fingerprint density at radius 3 is 2.11 bits per heavy atom. The molecular formula is C19H24N2O6S. The average Bonchev–Trinajstić information content (AvgIpc) is 2.72. The molecule has 152 valence electrons. The van der Waals surface area contributed by atoms with Crippen LogP contribution in [0, 0.1) is 0 Å². The quantitative estimate of drug-likeness (QED) is 0.685. The average molecular weight is 408 g/mol. The van der Waals surface area contributed by atoms with Crippen molar-refractivity contribution in [1.29, 1.82) is 0 Å². The van der Waals surface area contributed by atoms with Gasteiger partial charge in [-0.25, -0.2) is 8.42 Å². The largest absolute Gasteiger partial charge is 0.497 e. The Balaban J connectivity index is 2.16. The maximum Gasteiger partial charge on any atom is 0.243 e. The third kappa shape index (κ3) is 4.93. The van der Waals surface area contributed by atoms with Crippen molar-refractivity contribution >= 4 is 21.6 Å². The maximum absolute atomic E-state index is 12.8. The number of sulfonamides is 1. The Hall–Kier alpha value is -2.78. The first-order valence-corrected chi connectivity index (χ1v) is 9.95. The van der Waals surface area contributed by atoms with Gasteiger partial charge in [0.1, 0.15) is 17.2 Å². The van der Waals surface area contributed by atoms with Gasteiger partial charge in [-0.15, -0.1) is 0 Å². The van der Waals surface area contributed by atoms with E-state index in [9.17, 15) is 13.2 Å². The van der Waals surface area contributed by atoms with Gasteiger partial charge in [0, 0.05) is 12.6 Å². The first-order chi connectivity index (χ1) is 13.3. The van der Waals surface area contributed by atoms with Crippen molar-refractivity contribution in [2.75, 3.05) is 39.7 Å². The Kier molecular flexibility index (Phi) is 7.24. The molecule has 8 nitrogen and oxygen atoms in total. The standard InChI is InChI=1S/C19H24N2O6S/c1-5-21(28(23,24)16-9-6-14(25-2)7-10-16)13-19(22)20-17-11-8-15(26-3)12-18(17)27-4/h6-12H,5,13H2,1-4H3,(H,20,22). The molecule has 0 atom stereocenters. The summed E-state index contributed by atoms with van der Waals surface area (Å²) >= 11 is 0. The molecule has 2 aromatic rings. The van der Waals surface area contributed by atoms with Crippen LogP contribution in [-0.2, 0) is 14.8 Å². The molecule has 28 heavy (non-hydrogen) atoms. The lowest BCUT2D eigenvalue weighted by Crippen LogP contribution is -2.37. The van der Waals surface area contributed by atoms with Gasteiger partial charge in [0.15, 0.2) is 0 Å². The van der Waals surface area contributed by atoms with E-state index in [-0.39, 0.29) is 18.0 Å². The molecule has 0 saturated heterocycles. The number of methoxy groups -OCH3 is 3. The highest BCUT2D eigenvalue weighted by atomic mass is 32.2. The first-order valence-electron chi connectivity index (χ1n) is 8.51. The number of carbonyl (C=O) groups excluding carboxylic acids is 1. The zero-order valence-corrected chi connectivity index (χ0v) is 17.1. The first kappa shape index (κ1) is 21.5. The van der Waals surface area contributed by atoms with Crippen LogP contribution in [0.1, 0.15) is 6.92 Å². The minimum Gasteiger partial charge on any atom is -0.497 e. The summed E-state index contributed by atoms with van der Waals surface area (Å²) in [7, 11) is 0.669. The number of carbonyl (C=O) groups is 1. The van der Waals surface area contributed by atoms with Gasteiger partial charge in [-0.1, -0.05) is 6.92 Å². The fraction of sp³-hybridized carbons (Fsp3) is 0.316.